The van der Waals surface area contributed by atoms with Crippen molar-refractivity contribution in [2.75, 3.05) is 0 Å². The molecule has 0 saturated heterocycles. The number of rotatable bonds is 1. The van der Waals surface area contributed by atoms with E-state index in [-0.39, 0.29) is 16.2 Å². The molecule has 0 atom stereocenters. The lowest BCUT2D eigenvalue weighted by atomic mass is 9.33. The fourth-order valence-electron chi connectivity index (χ4n) is 2.94. The highest BCUT2D eigenvalue weighted by molar-refractivity contribution is 5.92. The van der Waals surface area contributed by atoms with Crippen molar-refractivity contribution < 1.29 is 4.79 Å². The summed E-state index contributed by atoms with van der Waals surface area (Å²) in [6.45, 7) is 5.90. The monoisotopic (exact) mass is 177 g/mol. The van der Waals surface area contributed by atoms with Crippen molar-refractivity contribution in [1.82, 2.24) is 0 Å². The van der Waals surface area contributed by atoms with Gasteiger partial charge in [-0.15, -0.1) is 0 Å². The number of carbonyl (C=O) groups is 1. The summed E-state index contributed by atoms with van der Waals surface area (Å²) in [4.78, 5) is 12.0. The van der Waals surface area contributed by atoms with E-state index in [2.05, 4.69) is 6.07 Å². The molecule has 70 valence electrons. The first kappa shape index (κ1) is 8.74. The molecule has 0 unspecified atom stereocenters. The summed E-state index contributed by atoms with van der Waals surface area (Å²) in [5.41, 5.74) is -0.420. The van der Waals surface area contributed by atoms with E-state index in [1.165, 1.54) is 0 Å². The van der Waals surface area contributed by atoms with Crippen LogP contribution >= 0.6 is 0 Å². The van der Waals surface area contributed by atoms with E-state index in [0.29, 0.717) is 5.78 Å². The molecular formula is C11H15NO. The number of hydrogen-bond acceptors (Lipinski definition) is 2. The summed E-state index contributed by atoms with van der Waals surface area (Å²) >= 11 is 0. The molecule has 3 fully saturated rings. The molecule has 3 aliphatic rings. The Morgan fingerprint density at radius 2 is 1.77 bits per heavy atom. The van der Waals surface area contributed by atoms with E-state index in [1.54, 1.807) is 0 Å². The minimum Gasteiger partial charge on any atom is -0.298 e. The Kier molecular flexibility index (Phi) is 1.33. The summed E-state index contributed by atoms with van der Waals surface area (Å²) in [5, 5.41) is 8.82. The lowest BCUT2D eigenvalue weighted by Crippen LogP contribution is -2.66. The van der Waals surface area contributed by atoms with Crippen LogP contribution in [0.5, 0.6) is 0 Å². The maximum atomic E-state index is 12.0. The SMILES string of the molecule is CC(C)(C)C(=O)C12CC(C#N)(C1)C2. The van der Waals surface area contributed by atoms with Gasteiger partial charge in [0.15, 0.2) is 0 Å². The predicted octanol–water partition coefficient (Wildman–Crippen LogP) is 2.30. The van der Waals surface area contributed by atoms with Gasteiger partial charge in [-0.3, -0.25) is 4.79 Å². The summed E-state index contributed by atoms with van der Waals surface area (Å²) in [6, 6.07) is 2.32. The molecule has 13 heavy (non-hydrogen) atoms. The van der Waals surface area contributed by atoms with Crippen molar-refractivity contribution in [1.29, 1.82) is 5.26 Å². The Morgan fingerprint density at radius 1 is 1.31 bits per heavy atom. The number of hydrogen-bond donors (Lipinski definition) is 0. The van der Waals surface area contributed by atoms with Crippen LogP contribution in [0.25, 0.3) is 0 Å². The maximum Gasteiger partial charge on any atom is 0.144 e. The molecule has 0 spiro atoms. The fourth-order valence-corrected chi connectivity index (χ4v) is 2.94. The van der Waals surface area contributed by atoms with E-state index < -0.39 is 0 Å². The van der Waals surface area contributed by atoms with E-state index >= 15 is 0 Å². The number of nitrogens with zero attached hydrogens (tertiary/aromatic N) is 1. The van der Waals surface area contributed by atoms with Gasteiger partial charge in [-0.2, -0.15) is 5.26 Å². The molecule has 0 radical (unpaired) electrons. The second-order valence-electron chi connectivity index (χ2n) is 5.78. The van der Waals surface area contributed by atoms with Gasteiger partial charge in [-0.1, -0.05) is 20.8 Å². The topological polar surface area (TPSA) is 40.9 Å². The molecule has 3 rings (SSSR count). The first-order valence-electron chi connectivity index (χ1n) is 4.80. The molecule has 2 nitrogen and oxygen atoms in total. The third-order valence-electron chi connectivity index (χ3n) is 3.43. The van der Waals surface area contributed by atoms with Gasteiger partial charge >= 0.3 is 0 Å². The third-order valence-corrected chi connectivity index (χ3v) is 3.43. The summed E-state index contributed by atoms with van der Waals surface area (Å²) in [7, 11) is 0. The van der Waals surface area contributed by atoms with Crippen LogP contribution in [0.4, 0.5) is 0 Å². The van der Waals surface area contributed by atoms with E-state index in [0.717, 1.165) is 19.3 Å². The second-order valence-corrected chi connectivity index (χ2v) is 5.78. The minimum atomic E-state index is -0.234. The maximum absolute atomic E-state index is 12.0. The lowest BCUT2D eigenvalue weighted by molar-refractivity contribution is -0.190. The summed E-state index contributed by atoms with van der Waals surface area (Å²) in [6.07, 6.45) is 2.48. The van der Waals surface area contributed by atoms with Gasteiger partial charge in [0.1, 0.15) is 5.78 Å². The lowest BCUT2D eigenvalue weighted by Gasteiger charge is -2.67. The van der Waals surface area contributed by atoms with Crippen molar-refractivity contribution >= 4 is 5.78 Å². The van der Waals surface area contributed by atoms with E-state index in [9.17, 15) is 4.79 Å². The largest absolute Gasteiger partial charge is 0.298 e. The Hall–Kier alpha value is -0.840. The average molecular weight is 177 g/mol. The van der Waals surface area contributed by atoms with Gasteiger partial charge in [0.2, 0.25) is 0 Å². The highest BCUT2D eigenvalue weighted by Gasteiger charge is 2.72. The molecule has 0 aliphatic heterocycles. The van der Waals surface area contributed by atoms with Crippen molar-refractivity contribution in [3.63, 3.8) is 0 Å². The molecule has 0 amide bonds. The smallest absolute Gasteiger partial charge is 0.144 e. The molecule has 3 aliphatic carbocycles. The van der Waals surface area contributed by atoms with Crippen LogP contribution in [0, 0.1) is 27.6 Å². The second kappa shape index (κ2) is 1.97. The van der Waals surface area contributed by atoms with Crippen LogP contribution in [0.1, 0.15) is 40.0 Å². The predicted molar refractivity (Wildman–Crippen MR) is 48.8 cm³/mol. The van der Waals surface area contributed by atoms with Gasteiger partial charge in [-0.05, 0) is 19.3 Å². The number of nitriles is 1. The van der Waals surface area contributed by atoms with E-state index in [4.69, 9.17) is 5.26 Å². The zero-order valence-electron chi connectivity index (χ0n) is 8.48. The zero-order valence-corrected chi connectivity index (χ0v) is 8.48. The first-order valence-corrected chi connectivity index (χ1v) is 4.80. The van der Waals surface area contributed by atoms with Gasteiger partial charge in [0, 0.05) is 10.8 Å². The Labute approximate surface area is 78.9 Å². The molecule has 2 bridgehead atoms. The van der Waals surface area contributed by atoms with Crippen LogP contribution in [0.3, 0.4) is 0 Å². The van der Waals surface area contributed by atoms with Crippen molar-refractivity contribution in [3.05, 3.63) is 0 Å². The van der Waals surface area contributed by atoms with Crippen LogP contribution < -0.4 is 0 Å². The number of Topliss-reactive ketones (excluding diaryl/α,β-unsaturated/α-hetero) is 1. The Morgan fingerprint density at radius 3 is 2.08 bits per heavy atom. The van der Waals surface area contributed by atoms with Crippen LogP contribution in [0.15, 0.2) is 0 Å². The van der Waals surface area contributed by atoms with Crippen molar-refractivity contribution in [2.24, 2.45) is 16.2 Å². The third kappa shape index (κ3) is 0.905. The molecule has 0 aromatic rings. The highest BCUT2D eigenvalue weighted by Crippen LogP contribution is 2.74. The molecule has 2 heteroatoms. The quantitative estimate of drug-likeness (QED) is 0.616. The summed E-state index contributed by atoms with van der Waals surface area (Å²) in [5.74, 6) is 0.358. The molecule has 0 N–H and O–H groups in total. The molecule has 0 heterocycles. The highest BCUT2D eigenvalue weighted by atomic mass is 16.1. The standard InChI is InChI=1S/C11H15NO/c1-9(2,3)8(13)11-4-10(5-11,6-11)7-12/h4-6H2,1-3H3. The normalized spacial score (nSPS) is 41.4. The molecule has 0 aromatic heterocycles. The average Bonchev–Trinajstić information content (AvgIpc) is 1.80. The Bertz CT molecular complexity index is 296. The summed E-state index contributed by atoms with van der Waals surface area (Å²) < 4.78 is 0. The van der Waals surface area contributed by atoms with Gasteiger partial charge in [0.25, 0.3) is 0 Å². The van der Waals surface area contributed by atoms with Crippen LogP contribution in [-0.2, 0) is 4.79 Å². The van der Waals surface area contributed by atoms with Crippen molar-refractivity contribution in [3.8, 4) is 6.07 Å². The number of carbonyl (C=O) groups excluding carboxylic acids is 1. The van der Waals surface area contributed by atoms with Gasteiger partial charge in [-0.25, -0.2) is 0 Å². The molecule has 3 saturated carbocycles. The van der Waals surface area contributed by atoms with Crippen LogP contribution in [0.2, 0.25) is 0 Å². The first-order chi connectivity index (χ1) is 5.84. The van der Waals surface area contributed by atoms with Gasteiger partial charge in [0.05, 0.1) is 11.5 Å². The van der Waals surface area contributed by atoms with Gasteiger partial charge < -0.3 is 0 Å². The van der Waals surface area contributed by atoms with Crippen molar-refractivity contribution in [2.45, 2.75) is 40.0 Å². The molecule has 0 aromatic carbocycles. The van der Waals surface area contributed by atoms with Crippen LogP contribution in [-0.4, -0.2) is 5.78 Å². The van der Waals surface area contributed by atoms with E-state index in [1.807, 2.05) is 20.8 Å². The zero-order chi connectivity index (χ0) is 9.91. The minimum absolute atomic E-state index is 0.0893. The molecular weight excluding hydrogens is 162 g/mol. The fraction of sp³-hybridized carbons (Fsp3) is 0.818. The Balaban J connectivity index is 2.10. The number of ketones is 1.